The Labute approximate surface area is 121 Å². The van der Waals surface area contributed by atoms with E-state index < -0.39 is 12.8 Å². The normalized spacial score (nSPS) is 12.5. The fourth-order valence-electron chi connectivity index (χ4n) is 1.06. The molecule has 0 saturated carbocycles. The molecular weight excluding hydrogens is 269 g/mol. The Hall–Kier alpha value is -1.35. The number of rotatable bonds is 2. The predicted molar refractivity (Wildman–Crippen MR) is 76.2 cm³/mol. The first-order valence-corrected chi connectivity index (χ1v) is 5.77. The van der Waals surface area contributed by atoms with Crippen molar-refractivity contribution in [1.29, 1.82) is 0 Å². The minimum absolute atomic E-state index is 0.365. The summed E-state index contributed by atoms with van der Waals surface area (Å²) in [6.45, 7) is -1.77. The average molecular weight is 285 g/mol. The molecule has 0 saturated heterocycles. The van der Waals surface area contributed by atoms with E-state index in [4.69, 9.17) is 33.0 Å². The molecule has 2 aromatic rings. The van der Waals surface area contributed by atoms with Crippen molar-refractivity contribution >= 4 is 29.5 Å². The van der Waals surface area contributed by atoms with Gasteiger partial charge in [-0.25, -0.2) is 0 Å². The van der Waals surface area contributed by atoms with Gasteiger partial charge in [-0.1, -0.05) is 47.5 Å². The van der Waals surface area contributed by atoms with E-state index in [1.807, 2.05) is 0 Å². The first-order chi connectivity index (χ1) is 9.70. The Morgan fingerprint density at radius 3 is 1.89 bits per heavy atom. The molecule has 0 aliphatic carbocycles. The van der Waals surface area contributed by atoms with Gasteiger partial charge < -0.3 is 5.73 Å². The van der Waals surface area contributed by atoms with Gasteiger partial charge in [-0.15, -0.1) is 0 Å². The topological polar surface area (TPSA) is 43.1 Å². The first-order valence-electron chi connectivity index (χ1n) is 6.51. The van der Waals surface area contributed by atoms with Gasteiger partial charge in [-0.05, 0) is 29.8 Å². The Kier molecular flexibility index (Phi) is 4.62. The van der Waals surface area contributed by atoms with Gasteiger partial charge in [0, 0.05) is 24.8 Å². The fraction of sp³-hybridized carbons (Fsp3) is 0.0714. The fourth-order valence-corrected chi connectivity index (χ4v) is 1.32. The molecule has 2 rings (SSSR count). The van der Waals surface area contributed by atoms with Gasteiger partial charge in [0.2, 0.25) is 0 Å². The Bertz CT molecular complexity index is 595. The SMILES string of the molecule is [2H]C(=O)c1ccc(Cl)cc1.[2H]C([2H])(N)c1ccc(Cl)cc1. The second-order valence-electron chi connectivity index (χ2n) is 3.26. The summed E-state index contributed by atoms with van der Waals surface area (Å²) < 4.78 is 21.0. The molecule has 2 aromatic carbocycles. The molecule has 0 spiro atoms. The van der Waals surface area contributed by atoms with Crippen LogP contribution in [0, 0.1) is 0 Å². The van der Waals surface area contributed by atoms with Crippen LogP contribution in [-0.2, 0) is 6.50 Å². The van der Waals surface area contributed by atoms with Crippen LogP contribution in [-0.4, -0.2) is 6.26 Å². The van der Waals surface area contributed by atoms with E-state index in [0.717, 1.165) is 0 Å². The summed E-state index contributed by atoms with van der Waals surface area (Å²) in [5.41, 5.74) is 5.99. The third-order valence-electron chi connectivity index (χ3n) is 1.97. The summed E-state index contributed by atoms with van der Waals surface area (Å²) in [6.07, 6.45) is -0.684. The summed E-state index contributed by atoms with van der Waals surface area (Å²) in [5, 5.41) is 1.16. The molecule has 0 atom stereocenters. The number of nitrogens with two attached hydrogens (primary N) is 1. The number of aldehydes is 1. The summed E-state index contributed by atoms with van der Waals surface area (Å²) in [6, 6.07) is 12.6. The van der Waals surface area contributed by atoms with Crippen LogP contribution in [0.3, 0.4) is 0 Å². The summed E-state index contributed by atoms with van der Waals surface area (Å²) in [4.78, 5) is 10.4. The van der Waals surface area contributed by atoms with Crippen LogP contribution in [0.4, 0.5) is 0 Å². The van der Waals surface area contributed by atoms with Crippen molar-refractivity contribution in [3.8, 4) is 0 Å². The van der Waals surface area contributed by atoms with Crippen LogP contribution in [0.5, 0.6) is 0 Å². The van der Waals surface area contributed by atoms with Gasteiger partial charge in [-0.2, -0.15) is 0 Å². The number of hydrogen-bond acceptors (Lipinski definition) is 2. The highest BCUT2D eigenvalue weighted by molar-refractivity contribution is 6.30. The molecule has 0 amide bonds. The monoisotopic (exact) mass is 284 g/mol. The van der Waals surface area contributed by atoms with Crippen molar-refractivity contribution in [3.63, 3.8) is 0 Å². The number of halogens is 2. The highest BCUT2D eigenvalue weighted by atomic mass is 35.5. The molecule has 0 aliphatic heterocycles. The van der Waals surface area contributed by atoms with E-state index in [9.17, 15) is 4.79 Å². The molecule has 18 heavy (non-hydrogen) atoms. The minimum atomic E-state index is -1.77. The van der Waals surface area contributed by atoms with E-state index in [0.29, 0.717) is 21.2 Å². The van der Waals surface area contributed by atoms with Crippen molar-refractivity contribution in [3.05, 3.63) is 69.7 Å². The Morgan fingerprint density at radius 2 is 1.50 bits per heavy atom. The first kappa shape index (κ1) is 10.6. The number of carbonyl (C=O) groups is 1. The molecular formula is C14H13Cl2NO. The van der Waals surface area contributed by atoms with Gasteiger partial charge in [0.05, 0.1) is 0 Å². The third kappa shape index (κ3) is 5.32. The van der Waals surface area contributed by atoms with Crippen molar-refractivity contribution in [1.82, 2.24) is 0 Å². The highest BCUT2D eigenvalue weighted by Crippen LogP contribution is 2.08. The van der Waals surface area contributed by atoms with Crippen LogP contribution in [0.1, 0.15) is 20.0 Å². The van der Waals surface area contributed by atoms with Gasteiger partial charge in [-0.3, -0.25) is 4.79 Å². The van der Waals surface area contributed by atoms with Gasteiger partial charge in [0.1, 0.15) is 7.63 Å². The Balaban J connectivity index is 0.000000211. The van der Waals surface area contributed by atoms with Gasteiger partial charge in [0.15, 0.2) is 0 Å². The van der Waals surface area contributed by atoms with Crippen LogP contribution in [0.2, 0.25) is 10.0 Å². The number of hydrogen-bond donors (Lipinski definition) is 1. The smallest absolute Gasteiger partial charge is 0.150 e. The lowest BCUT2D eigenvalue weighted by Crippen LogP contribution is -1.94. The van der Waals surface area contributed by atoms with Crippen molar-refractivity contribution in [2.45, 2.75) is 6.50 Å². The molecule has 0 aromatic heterocycles. The molecule has 0 bridgehead atoms. The van der Waals surface area contributed by atoms with Crippen LogP contribution >= 0.6 is 23.2 Å². The number of carbonyl (C=O) groups excluding carboxylic acids is 1. The van der Waals surface area contributed by atoms with Crippen molar-refractivity contribution in [2.24, 2.45) is 5.73 Å². The van der Waals surface area contributed by atoms with E-state index in [-0.39, 0.29) is 0 Å². The molecule has 0 fully saturated rings. The van der Waals surface area contributed by atoms with Crippen molar-refractivity contribution < 1.29 is 8.91 Å². The van der Waals surface area contributed by atoms with Crippen molar-refractivity contribution in [2.75, 3.05) is 0 Å². The van der Waals surface area contributed by atoms with Gasteiger partial charge in [0.25, 0.3) is 0 Å². The maximum absolute atomic E-state index is 10.4. The third-order valence-corrected chi connectivity index (χ3v) is 2.48. The standard InChI is InChI=1S/C7H8ClN.C7H5ClO/c2*8-7-3-1-6(5-9)2-4-7/h1-4H,5,9H2;1-5H/i5D2;5D. The van der Waals surface area contributed by atoms with E-state index in [1.165, 1.54) is 12.1 Å². The second kappa shape index (κ2) is 7.88. The van der Waals surface area contributed by atoms with Crippen LogP contribution in [0.25, 0.3) is 0 Å². The lowest BCUT2D eigenvalue weighted by atomic mass is 10.2. The average Bonchev–Trinajstić information content (AvgIpc) is 2.39. The molecule has 0 heterocycles. The maximum Gasteiger partial charge on any atom is 0.150 e. The highest BCUT2D eigenvalue weighted by Gasteiger charge is 1.87. The second-order valence-corrected chi connectivity index (χ2v) is 4.13. The van der Waals surface area contributed by atoms with Gasteiger partial charge >= 0.3 is 0 Å². The maximum atomic E-state index is 10.4. The lowest BCUT2D eigenvalue weighted by Gasteiger charge is -1.93. The summed E-state index contributed by atoms with van der Waals surface area (Å²) >= 11 is 11.1. The quantitative estimate of drug-likeness (QED) is 0.849. The zero-order valence-corrected chi connectivity index (χ0v) is 10.9. The summed E-state index contributed by atoms with van der Waals surface area (Å²) in [5.74, 6) is 0. The minimum Gasteiger partial charge on any atom is -0.326 e. The molecule has 2 nitrogen and oxygen atoms in total. The molecule has 94 valence electrons. The zero-order chi connectivity index (χ0) is 16.0. The largest absolute Gasteiger partial charge is 0.326 e. The van der Waals surface area contributed by atoms with Crippen LogP contribution in [0.15, 0.2) is 48.5 Å². The molecule has 0 radical (unpaired) electrons. The molecule has 0 aliphatic rings. The molecule has 0 unspecified atom stereocenters. The van der Waals surface area contributed by atoms with E-state index >= 15 is 0 Å². The number of benzene rings is 2. The Morgan fingerprint density at radius 1 is 1.06 bits per heavy atom. The summed E-state index contributed by atoms with van der Waals surface area (Å²) in [7, 11) is 0. The lowest BCUT2D eigenvalue weighted by molar-refractivity contribution is 0.112. The zero-order valence-electron chi connectivity index (χ0n) is 12.4. The van der Waals surface area contributed by atoms with E-state index in [2.05, 4.69) is 0 Å². The molecule has 4 heteroatoms. The predicted octanol–water partition coefficient (Wildman–Crippen LogP) is 3.95. The van der Waals surface area contributed by atoms with E-state index in [1.54, 1.807) is 36.4 Å². The van der Waals surface area contributed by atoms with Crippen LogP contribution < -0.4 is 5.73 Å². The molecule has 2 N–H and O–H groups in total.